The Balaban J connectivity index is 1.57. The highest BCUT2D eigenvalue weighted by atomic mass is 35.5. The molecule has 3 heterocycles. The first-order chi connectivity index (χ1) is 17.3. The Labute approximate surface area is 211 Å². The molecule has 2 aromatic heterocycles. The molecule has 0 unspecified atom stereocenters. The van der Waals surface area contributed by atoms with Crippen LogP contribution in [0.5, 0.6) is 5.75 Å². The van der Waals surface area contributed by atoms with Crippen LogP contribution < -0.4 is 20.5 Å². The first-order valence-electron chi connectivity index (χ1n) is 11.1. The average Bonchev–Trinajstić information content (AvgIpc) is 3.26. The molecular weight excluding hydrogens is 509 g/mol. The van der Waals surface area contributed by atoms with Gasteiger partial charge in [-0.2, -0.15) is 5.10 Å². The predicted octanol–water partition coefficient (Wildman–Crippen LogP) is 3.60. The number of halogens is 2. The molecule has 0 amide bonds. The summed E-state index contributed by atoms with van der Waals surface area (Å²) in [5, 5.41) is 8.52. The lowest BCUT2D eigenvalue weighted by atomic mass is 10.1. The zero-order chi connectivity index (χ0) is 25.4. The molecule has 188 valence electrons. The summed E-state index contributed by atoms with van der Waals surface area (Å²) in [5.74, 6) is -0.325. The topological polar surface area (TPSA) is 137 Å². The number of sulfonamides is 1. The first kappa shape index (κ1) is 24.2. The maximum Gasteiger partial charge on any atom is 0.262 e. The zero-order valence-electron chi connectivity index (χ0n) is 19.2. The molecule has 2 aromatic carbocycles. The second kappa shape index (κ2) is 9.52. The third kappa shape index (κ3) is 4.31. The van der Waals surface area contributed by atoms with Crippen LogP contribution in [0, 0.1) is 5.82 Å². The van der Waals surface area contributed by atoms with Gasteiger partial charge in [0.1, 0.15) is 23.6 Å². The Morgan fingerprint density at radius 2 is 2.00 bits per heavy atom. The number of anilines is 2. The van der Waals surface area contributed by atoms with E-state index in [-0.39, 0.29) is 38.7 Å². The van der Waals surface area contributed by atoms with Crippen molar-refractivity contribution in [3.63, 3.8) is 0 Å². The highest BCUT2D eigenvalue weighted by Crippen LogP contribution is 2.37. The lowest BCUT2D eigenvalue weighted by Crippen LogP contribution is -2.30. The Morgan fingerprint density at radius 3 is 2.72 bits per heavy atom. The number of nitrogen functional groups attached to an aromatic ring is 1. The highest BCUT2D eigenvalue weighted by molar-refractivity contribution is 7.92. The number of ether oxygens (including phenoxy) is 1. The van der Waals surface area contributed by atoms with Crippen molar-refractivity contribution in [1.29, 1.82) is 0 Å². The Hall–Kier alpha value is -3.48. The minimum Gasteiger partial charge on any atom is -0.495 e. The number of methoxy groups -OCH3 is 1. The van der Waals surface area contributed by atoms with Crippen LogP contribution >= 0.6 is 11.6 Å². The fourth-order valence-electron chi connectivity index (χ4n) is 4.30. The van der Waals surface area contributed by atoms with Crippen LogP contribution in [0.2, 0.25) is 5.02 Å². The van der Waals surface area contributed by atoms with E-state index in [2.05, 4.69) is 25.1 Å². The van der Waals surface area contributed by atoms with E-state index in [0.29, 0.717) is 16.8 Å². The summed E-state index contributed by atoms with van der Waals surface area (Å²) in [7, 11) is -2.74. The number of fused-ring (bicyclic) bond motifs is 1. The van der Waals surface area contributed by atoms with Crippen molar-refractivity contribution >= 4 is 44.2 Å². The molecule has 0 atom stereocenters. The van der Waals surface area contributed by atoms with Crippen molar-refractivity contribution in [2.75, 3.05) is 30.7 Å². The number of hydrogen-bond acceptors (Lipinski definition) is 8. The summed E-state index contributed by atoms with van der Waals surface area (Å²) in [5.41, 5.74) is 6.73. The van der Waals surface area contributed by atoms with Crippen molar-refractivity contribution in [3.8, 4) is 17.0 Å². The lowest BCUT2D eigenvalue weighted by Gasteiger charge is -2.23. The average molecular weight is 532 g/mol. The van der Waals surface area contributed by atoms with E-state index in [1.165, 1.54) is 49.8 Å². The van der Waals surface area contributed by atoms with Gasteiger partial charge in [-0.05, 0) is 56.3 Å². The molecular formula is C23H23ClFN7O3S. The Bertz CT molecular complexity index is 1560. The molecule has 0 spiro atoms. The Morgan fingerprint density at radius 1 is 1.22 bits per heavy atom. The SMILES string of the molecule is COc1ccc(S(=O)(=O)Nc2cccc(-c3nn(C4CCNCC4)c4ncnc(N)c34)c2F)cc1Cl. The summed E-state index contributed by atoms with van der Waals surface area (Å²) >= 11 is 6.08. The molecule has 1 aliphatic rings. The molecule has 4 N–H and O–H groups in total. The number of aromatic nitrogens is 4. The predicted molar refractivity (Wildman–Crippen MR) is 135 cm³/mol. The van der Waals surface area contributed by atoms with Crippen molar-refractivity contribution in [2.24, 2.45) is 0 Å². The quantitative estimate of drug-likeness (QED) is 0.343. The molecule has 0 aliphatic carbocycles. The summed E-state index contributed by atoms with van der Waals surface area (Å²) in [6.45, 7) is 1.64. The third-order valence-corrected chi connectivity index (χ3v) is 7.76. The molecule has 36 heavy (non-hydrogen) atoms. The van der Waals surface area contributed by atoms with Crippen LogP contribution in [0.3, 0.4) is 0 Å². The second-order valence-corrected chi connectivity index (χ2v) is 10.4. The molecule has 1 saturated heterocycles. The number of benzene rings is 2. The molecule has 5 rings (SSSR count). The van der Waals surface area contributed by atoms with Gasteiger partial charge in [-0.25, -0.2) is 27.5 Å². The van der Waals surface area contributed by atoms with E-state index >= 15 is 4.39 Å². The van der Waals surface area contributed by atoms with Crippen LogP contribution in [-0.4, -0.2) is 48.4 Å². The smallest absolute Gasteiger partial charge is 0.262 e. The molecule has 0 saturated carbocycles. The molecule has 10 nitrogen and oxygen atoms in total. The summed E-state index contributed by atoms with van der Waals surface area (Å²) in [6.07, 6.45) is 3.00. The summed E-state index contributed by atoms with van der Waals surface area (Å²) in [4.78, 5) is 8.30. The van der Waals surface area contributed by atoms with Gasteiger partial charge in [0.15, 0.2) is 11.5 Å². The van der Waals surface area contributed by atoms with Gasteiger partial charge in [0.25, 0.3) is 10.0 Å². The molecule has 1 fully saturated rings. The Kier molecular flexibility index (Phi) is 6.41. The molecule has 0 radical (unpaired) electrons. The van der Waals surface area contributed by atoms with Crippen LogP contribution in [0.25, 0.3) is 22.3 Å². The number of rotatable bonds is 6. The van der Waals surface area contributed by atoms with E-state index in [1.807, 2.05) is 0 Å². The van der Waals surface area contributed by atoms with Gasteiger partial charge in [0, 0.05) is 5.56 Å². The van der Waals surface area contributed by atoms with Gasteiger partial charge >= 0.3 is 0 Å². The molecule has 13 heteroatoms. The molecule has 1 aliphatic heterocycles. The molecule has 0 bridgehead atoms. The maximum atomic E-state index is 15.8. The number of hydrogen-bond donors (Lipinski definition) is 3. The molecule has 4 aromatic rings. The van der Waals surface area contributed by atoms with E-state index < -0.39 is 15.8 Å². The van der Waals surface area contributed by atoms with Crippen LogP contribution in [0.1, 0.15) is 18.9 Å². The van der Waals surface area contributed by atoms with Gasteiger partial charge in [-0.1, -0.05) is 17.7 Å². The highest BCUT2D eigenvalue weighted by Gasteiger charge is 2.26. The lowest BCUT2D eigenvalue weighted by molar-refractivity contribution is 0.350. The second-order valence-electron chi connectivity index (χ2n) is 8.30. The van der Waals surface area contributed by atoms with Gasteiger partial charge in [0.05, 0.1) is 34.1 Å². The first-order valence-corrected chi connectivity index (χ1v) is 13.0. The van der Waals surface area contributed by atoms with Crippen LogP contribution in [-0.2, 0) is 10.0 Å². The van der Waals surface area contributed by atoms with Crippen molar-refractivity contribution in [3.05, 3.63) is 53.6 Å². The van der Waals surface area contributed by atoms with Crippen molar-refractivity contribution < 1.29 is 17.5 Å². The van der Waals surface area contributed by atoms with Crippen LogP contribution in [0.15, 0.2) is 47.6 Å². The van der Waals surface area contributed by atoms with Gasteiger partial charge in [0.2, 0.25) is 0 Å². The van der Waals surface area contributed by atoms with Crippen molar-refractivity contribution in [1.82, 2.24) is 25.1 Å². The van der Waals surface area contributed by atoms with Crippen LogP contribution in [0.4, 0.5) is 15.9 Å². The minimum atomic E-state index is -4.16. The third-order valence-electron chi connectivity index (χ3n) is 6.10. The van der Waals surface area contributed by atoms with Gasteiger partial charge in [-0.3, -0.25) is 4.72 Å². The minimum absolute atomic E-state index is 0.0568. The fraction of sp³-hybridized carbons (Fsp3) is 0.261. The monoisotopic (exact) mass is 531 g/mol. The number of piperidine rings is 1. The van der Waals surface area contributed by atoms with E-state index in [9.17, 15) is 8.42 Å². The number of nitrogens with one attached hydrogen (secondary N) is 2. The standard InChI is InChI=1S/C23H23ClFN7O3S/c1-35-18-6-5-14(11-16(18)24)36(33,34)31-17-4-2-3-15(20(17)25)21-19-22(26)28-12-29-23(19)32(30-21)13-7-9-27-10-8-13/h2-6,11-13,27,31H,7-10H2,1H3,(H2,26,28,29). The summed E-state index contributed by atoms with van der Waals surface area (Å²) in [6, 6.07) is 8.41. The fourth-order valence-corrected chi connectivity index (χ4v) is 5.71. The van der Waals surface area contributed by atoms with E-state index in [0.717, 1.165) is 25.9 Å². The zero-order valence-corrected chi connectivity index (χ0v) is 20.8. The number of nitrogens with zero attached hydrogens (tertiary/aromatic N) is 4. The largest absolute Gasteiger partial charge is 0.495 e. The summed E-state index contributed by atoms with van der Waals surface area (Å²) < 4.78 is 50.9. The van der Waals surface area contributed by atoms with E-state index in [1.54, 1.807) is 4.68 Å². The number of nitrogens with two attached hydrogens (primary N) is 1. The van der Waals surface area contributed by atoms with E-state index in [4.69, 9.17) is 22.1 Å². The van der Waals surface area contributed by atoms with Crippen molar-refractivity contribution in [2.45, 2.75) is 23.8 Å². The maximum absolute atomic E-state index is 15.8. The van der Waals surface area contributed by atoms with Gasteiger partial charge in [-0.15, -0.1) is 0 Å². The van der Waals surface area contributed by atoms with Gasteiger partial charge < -0.3 is 15.8 Å². The normalized spacial score (nSPS) is 14.8.